The molecule has 0 fully saturated rings. The Hall–Kier alpha value is -1.01. The second-order valence-electron chi connectivity index (χ2n) is 3.99. The van der Waals surface area contributed by atoms with Crippen molar-refractivity contribution >= 4 is 17.3 Å². The summed E-state index contributed by atoms with van der Waals surface area (Å²) < 4.78 is 20.7. The molecular formula is C14H22ClNO4. The van der Waals surface area contributed by atoms with Crippen molar-refractivity contribution in [1.82, 2.24) is 0 Å². The molecule has 5 nitrogen and oxygen atoms in total. The highest BCUT2D eigenvalue weighted by atomic mass is 35.5. The second-order valence-corrected chi connectivity index (χ2v) is 4.40. The van der Waals surface area contributed by atoms with E-state index in [0.29, 0.717) is 44.6 Å². The predicted molar refractivity (Wildman–Crippen MR) is 80.0 cm³/mol. The minimum atomic E-state index is 0.567. The van der Waals surface area contributed by atoms with E-state index in [9.17, 15) is 0 Å². The number of benzene rings is 1. The van der Waals surface area contributed by atoms with Gasteiger partial charge in [-0.25, -0.2) is 0 Å². The van der Waals surface area contributed by atoms with Crippen LogP contribution in [0.2, 0.25) is 5.02 Å². The Labute approximate surface area is 125 Å². The van der Waals surface area contributed by atoms with Crippen LogP contribution in [0.3, 0.4) is 0 Å². The number of nitrogens with one attached hydrogen (secondary N) is 1. The van der Waals surface area contributed by atoms with Crippen LogP contribution < -0.4 is 10.1 Å². The predicted octanol–water partition coefficient (Wildman–Crippen LogP) is 2.44. The third-order valence-corrected chi connectivity index (χ3v) is 2.87. The van der Waals surface area contributed by atoms with E-state index in [2.05, 4.69) is 5.32 Å². The quantitative estimate of drug-likeness (QED) is 0.636. The summed E-state index contributed by atoms with van der Waals surface area (Å²) in [7, 11) is 3.27. The number of hydrogen-bond acceptors (Lipinski definition) is 5. The van der Waals surface area contributed by atoms with Crippen LogP contribution in [0.5, 0.6) is 5.75 Å². The van der Waals surface area contributed by atoms with Crippen molar-refractivity contribution in [1.29, 1.82) is 0 Å². The van der Waals surface area contributed by atoms with Crippen molar-refractivity contribution in [3.8, 4) is 5.75 Å². The molecule has 1 aromatic carbocycles. The van der Waals surface area contributed by atoms with Gasteiger partial charge < -0.3 is 24.3 Å². The normalized spacial score (nSPS) is 10.6. The standard InChI is InChI=1S/C14H22ClNO4/c1-17-7-8-20-10-9-19-6-5-16-14-11-12(18-2)3-4-13(14)15/h3-4,11,16H,5-10H2,1-2H3. The lowest BCUT2D eigenvalue weighted by Gasteiger charge is -2.10. The van der Waals surface area contributed by atoms with E-state index in [4.69, 9.17) is 30.5 Å². The fourth-order valence-corrected chi connectivity index (χ4v) is 1.67. The van der Waals surface area contributed by atoms with Gasteiger partial charge in [-0.15, -0.1) is 0 Å². The smallest absolute Gasteiger partial charge is 0.121 e. The van der Waals surface area contributed by atoms with Crippen molar-refractivity contribution in [3.05, 3.63) is 23.2 Å². The Morgan fingerprint density at radius 2 is 1.70 bits per heavy atom. The first-order valence-electron chi connectivity index (χ1n) is 6.49. The van der Waals surface area contributed by atoms with Crippen molar-refractivity contribution in [2.75, 3.05) is 59.1 Å². The van der Waals surface area contributed by atoms with Crippen molar-refractivity contribution in [2.24, 2.45) is 0 Å². The number of methoxy groups -OCH3 is 2. The molecular weight excluding hydrogens is 282 g/mol. The zero-order valence-corrected chi connectivity index (χ0v) is 12.7. The van der Waals surface area contributed by atoms with Gasteiger partial charge in [0.25, 0.3) is 0 Å². The molecule has 0 unspecified atom stereocenters. The lowest BCUT2D eigenvalue weighted by atomic mass is 10.3. The van der Waals surface area contributed by atoms with E-state index in [-0.39, 0.29) is 0 Å². The number of ether oxygens (including phenoxy) is 4. The Morgan fingerprint density at radius 1 is 1.00 bits per heavy atom. The minimum Gasteiger partial charge on any atom is -0.497 e. The maximum atomic E-state index is 6.07. The summed E-state index contributed by atoms with van der Waals surface area (Å²) in [5.41, 5.74) is 0.839. The molecule has 0 aromatic heterocycles. The molecule has 0 radical (unpaired) electrons. The fourth-order valence-electron chi connectivity index (χ4n) is 1.49. The van der Waals surface area contributed by atoms with Crippen LogP contribution in [-0.2, 0) is 14.2 Å². The van der Waals surface area contributed by atoms with E-state index in [1.165, 1.54) is 0 Å². The fraction of sp³-hybridized carbons (Fsp3) is 0.571. The molecule has 0 saturated heterocycles. The van der Waals surface area contributed by atoms with Crippen LogP contribution in [0.25, 0.3) is 0 Å². The average Bonchev–Trinajstić information content (AvgIpc) is 2.47. The largest absolute Gasteiger partial charge is 0.497 e. The lowest BCUT2D eigenvalue weighted by molar-refractivity contribution is 0.0272. The highest BCUT2D eigenvalue weighted by molar-refractivity contribution is 6.33. The van der Waals surface area contributed by atoms with Gasteiger partial charge >= 0.3 is 0 Å². The molecule has 0 aliphatic heterocycles. The molecule has 1 rings (SSSR count). The number of hydrogen-bond donors (Lipinski definition) is 1. The molecule has 0 atom stereocenters. The molecule has 0 aliphatic rings. The van der Waals surface area contributed by atoms with Gasteiger partial charge in [0.2, 0.25) is 0 Å². The summed E-state index contributed by atoms with van der Waals surface area (Å²) in [6, 6.07) is 5.48. The van der Waals surface area contributed by atoms with E-state index < -0.39 is 0 Å². The molecule has 1 N–H and O–H groups in total. The summed E-state index contributed by atoms with van der Waals surface area (Å²) in [6.45, 7) is 3.60. The van der Waals surface area contributed by atoms with Gasteiger partial charge in [-0.2, -0.15) is 0 Å². The highest BCUT2D eigenvalue weighted by Crippen LogP contribution is 2.26. The van der Waals surface area contributed by atoms with Gasteiger partial charge in [0.05, 0.1) is 50.9 Å². The lowest BCUT2D eigenvalue weighted by Crippen LogP contribution is -2.13. The van der Waals surface area contributed by atoms with E-state index >= 15 is 0 Å². The first kappa shape index (κ1) is 17.0. The Balaban J connectivity index is 2.09. The minimum absolute atomic E-state index is 0.567. The van der Waals surface area contributed by atoms with Crippen molar-refractivity contribution in [3.63, 3.8) is 0 Å². The van der Waals surface area contributed by atoms with Gasteiger partial charge in [-0.1, -0.05) is 11.6 Å². The average molecular weight is 304 g/mol. The molecule has 0 spiro atoms. The van der Waals surface area contributed by atoms with E-state index in [1.54, 1.807) is 20.3 Å². The van der Waals surface area contributed by atoms with Gasteiger partial charge in [0, 0.05) is 19.7 Å². The van der Waals surface area contributed by atoms with E-state index in [1.807, 2.05) is 12.1 Å². The van der Waals surface area contributed by atoms with Crippen LogP contribution in [0.15, 0.2) is 18.2 Å². The van der Waals surface area contributed by atoms with Gasteiger partial charge in [-0.3, -0.25) is 0 Å². The second kappa shape index (κ2) is 10.7. The zero-order valence-electron chi connectivity index (χ0n) is 12.0. The van der Waals surface area contributed by atoms with Gasteiger partial charge in [0.15, 0.2) is 0 Å². The SMILES string of the molecule is COCCOCCOCCNc1cc(OC)ccc1Cl. The zero-order chi connectivity index (χ0) is 14.6. The highest BCUT2D eigenvalue weighted by Gasteiger charge is 2.01. The molecule has 0 bridgehead atoms. The van der Waals surface area contributed by atoms with Crippen LogP contribution in [0.1, 0.15) is 0 Å². The first-order valence-corrected chi connectivity index (χ1v) is 6.87. The van der Waals surface area contributed by atoms with Crippen LogP contribution in [0.4, 0.5) is 5.69 Å². The summed E-state index contributed by atoms with van der Waals surface area (Å²) in [6.07, 6.45) is 0. The molecule has 6 heteroatoms. The Bertz CT molecular complexity index is 376. The van der Waals surface area contributed by atoms with Crippen molar-refractivity contribution < 1.29 is 18.9 Å². The number of rotatable bonds is 11. The number of anilines is 1. The van der Waals surface area contributed by atoms with Crippen LogP contribution in [-0.4, -0.2) is 53.8 Å². The van der Waals surface area contributed by atoms with Crippen LogP contribution >= 0.6 is 11.6 Å². The molecule has 0 aliphatic carbocycles. The van der Waals surface area contributed by atoms with Crippen LogP contribution in [0, 0.1) is 0 Å². The van der Waals surface area contributed by atoms with E-state index in [0.717, 1.165) is 11.4 Å². The summed E-state index contributed by atoms with van der Waals surface area (Å²) in [5, 5.41) is 3.86. The molecule has 1 aromatic rings. The third-order valence-electron chi connectivity index (χ3n) is 2.54. The summed E-state index contributed by atoms with van der Waals surface area (Å²) in [4.78, 5) is 0. The number of halogens is 1. The maximum Gasteiger partial charge on any atom is 0.121 e. The molecule has 114 valence electrons. The maximum absolute atomic E-state index is 6.07. The third kappa shape index (κ3) is 6.96. The summed E-state index contributed by atoms with van der Waals surface area (Å²) in [5.74, 6) is 0.768. The van der Waals surface area contributed by atoms with Gasteiger partial charge in [-0.05, 0) is 12.1 Å². The topological polar surface area (TPSA) is 49.0 Å². The molecule has 0 heterocycles. The molecule has 20 heavy (non-hydrogen) atoms. The molecule has 0 amide bonds. The first-order chi connectivity index (χ1) is 9.77. The molecule has 0 saturated carbocycles. The monoisotopic (exact) mass is 303 g/mol. The van der Waals surface area contributed by atoms with Gasteiger partial charge in [0.1, 0.15) is 5.75 Å². The van der Waals surface area contributed by atoms with Crippen molar-refractivity contribution in [2.45, 2.75) is 0 Å². The Morgan fingerprint density at radius 3 is 2.40 bits per heavy atom. The Kier molecular flexibility index (Phi) is 9.15. The summed E-state index contributed by atoms with van der Waals surface area (Å²) >= 11 is 6.07.